The van der Waals surface area contributed by atoms with Crippen LogP contribution in [0.25, 0.3) is 0 Å². The van der Waals surface area contributed by atoms with Crippen molar-refractivity contribution in [3.05, 3.63) is 50.9 Å². The molecule has 0 aliphatic heterocycles. The van der Waals surface area contributed by atoms with Gasteiger partial charge in [0.25, 0.3) is 0 Å². The Hall–Kier alpha value is -1.20. The molecule has 2 aromatic rings. The average molecular weight is 278 g/mol. The fourth-order valence-corrected chi connectivity index (χ4v) is 2.36. The number of benzene rings is 1. The van der Waals surface area contributed by atoms with Crippen LogP contribution in [0.4, 0.5) is 18.9 Å². The third kappa shape index (κ3) is 2.92. The minimum Gasteiger partial charge on any atom is -0.375 e. The second-order valence-corrected chi connectivity index (χ2v) is 5.10. The van der Waals surface area contributed by atoms with E-state index in [2.05, 4.69) is 5.32 Å². The van der Waals surface area contributed by atoms with E-state index >= 15 is 0 Å². The standard InChI is InChI=1S/C11H7ClF3NS/c12-10-2-1-7(17-10)5-16-11-8(14)3-6(13)4-9(11)15/h1-4,16H,5H2. The van der Waals surface area contributed by atoms with Crippen molar-refractivity contribution < 1.29 is 13.2 Å². The third-order valence-electron chi connectivity index (χ3n) is 2.08. The van der Waals surface area contributed by atoms with Gasteiger partial charge in [0.2, 0.25) is 0 Å². The van der Waals surface area contributed by atoms with Crippen molar-refractivity contribution in [3.63, 3.8) is 0 Å². The van der Waals surface area contributed by atoms with E-state index in [0.29, 0.717) is 16.5 Å². The Kier molecular flexibility index (Phi) is 3.59. The molecule has 0 amide bonds. The van der Waals surface area contributed by atoms with Crippen LogP contribution < -0.4 is 5.32 Å². The first-order valence-corrected chi connectivity index (χ1v) is 5.88. The summed E-state index contributed by atoms with van der Waals surface area (Å²) in [6.07, 6.45) is 0. The molecule has 1 aromatic carbocycles. The molecule has 0 atom stereocenters. The molecule has 6 heteroatoms. The zero-order valence-electron chi connectivity index (χ0n) is 8.44. The first-order valence-electron chi connectivity index (χ1n) is 4.69. The van der Waals surface area contributed by atoms with E-state index in [-0.39, 0.29) is 12.2 Å². The lowest BCUT2D eigenvalue weighted by atomic mass is 10.2. The summed E-state index contributed by atoms with van der Waals surface area (Å²) in [5, 5.41) is 2.57. The predicted molar refractivity (Wildman–Crippen MR) is 63.0 cm³/mol. The lowest BCUT2D eigenvalue weighted by Crippen LogP contribution is -2.03. The highest BCUT2D eigenvalue weighted by Gasteiger charge is 2.11. The number of hydrogen-bond acceptors (Lipinski definition) is 2. The summed E-state index contributed by atoms with van der Waals surface area (Å²) in [7, 11) is 0. The zero-order valence-corrected chi connectivity index (χ0v) is 10.0. The highest BCUT2D eigenvalue weighted by atomic mass is 35.5. The molecule has 0 unspecified atom stereocenters. The predicted octanol–water partition coefficient (Wildman–Crippen LogP) is 4.43. The Morgan fingerprint density at radius 1 is 1.12 bits per heavy atom. The molecule has 0 saturated heterocycles. The molecule has 0 spiro atoms. The fourth-order valence-electron chi connectivity index (χ4n) is 1.33. The van der Waals surface area contributed by atoms with Gasteiger partial charge in [-0.15, -0.1) is 11.3 Å². The van der Waals surface area contributed by atoms with Crippen LogP contribution in [-0.2, 0) is 6.54 Å². The summed E-state index contributed by atoms with van der Waals surface area (Å²) in [6.45, 7) is 0.233. The summed E-state index contributed by atoms with van der Waals surface area (Å²) < 4.78 is 39.8. The highest BCUT2D eigenvalue weighted by Crippen LogP contribution is 2.24. The zero-order chi connectivity index (χ0) is 12.4. The van der Waals surface area contributed by atoms with Crippen molar-refractivity contribution >= 4 is 28.6 Å². The van der Waals surface area contributed by atoms with Crippen molar-refractivity contribution in [3.8, 4) is 0 Å². The van der Waals surface area contributed by atoms with Gasteiger partial charge in [0.05, 0.1) is 4.34 Å². The smallest absolute Gasteiger partial charge is 0.152 e. The van der Waals surface area contributed by atoms with Crippen LogP contribution >= 0.6 is 22.9 Å². The van der Waals surface area contributed by atoms with Gasteiger partial charge in [-0.3, -0.25) is 0 Å². The van der Waals surface area contributed by atoms with Crippen LogP contribution in [0.1, 0.15) is 4.88 Å². The van der Waals surface area contributed by atoms with Crippen molar-refractivity contribution in [2.75, 3.05) is 5.32 Å². The SMILES string of the molecule is Fc1cc(F)c(NCc2ccc(Cl)s2)c(F)c1. The summed E-state index contributed by atoms with van der Waals surface area (Å²) in [5.74, 6) is -2.85. The van der Waals surface area contributed by atoms with E-state index in [1.807, 2.05) is 0 Å². The number of rotatable bonds is 3. The van der Waals surface area contributed by atoms with E-state index in [1.54, 1.807) is 12.1 Å². The molecule has 17 heavy (non-hydrogen) atoms. The molecule has 1 N–H and O–H groups in total. The Labute approximate surface area is 105 Å². The summed E-state index contributed by atoms with van der Waals surface area (Å²) in [5.41, 5.74) is -0.337. The van der Waals surface area contributed by atoms with Gasteiger partial charge < -0.3 is 5.32 Å². The number of hydrogen-bond donors (Lipinski definition) is 1. The number of halogens is 4. The molecular formula is C11H7ClF3NS. The molecule has 0 aliphatic carbocycles. The Morgan fingerprint density at radius 3 is 2.29 bits per heavy atom. The van der Waals surface area contributed by atoms with Crippen molar-refractivity contribution in [2.24, 2.45) is 0 Å². The number of anilines is 1. The van der Waals surface area contributed by atoms with Crippen LogP contribution in [0, 0.1) is 17.5 Å². The maximum Gasteiger partial charge on any atom is 0.152 e. The lowest BCUT2D eigenvalue weighted by Gasteiger charge is -2.07. The maximum atomic E-state index is 13.3. The summed E-state index contributed by atoms with van der Waals surface area (Å²) >= 11 is 7.02. The molecule has 1 nitrogen and oxygen atoms in total. The van der Waals surface area contributed by atoms with Gasteiger partial charge in [-0.05, 0) is 12.1 Å². The van der Waals surface area contributed by atoms with Crippen molar-refractivity contribution in [1.82, 2.24) is 0 Å². The lowest BCUT2D eigenvalue weighted by molar-refractivity contribution is 0.547. The average Bonchev–Trinajstić information content (AvgIpc) is 2.62. The minimum atomic E-state index is -0.954. The van der Waals surface area contributed by atoms with Crippen LogP contribution in [-0.4, -0.2) is 0 Å². The van der Waals surface area contributed by atoms with E-state index in [4.69, 9.17) is 11.6 Å². The first kappa shape index (κ1) is 12.3. The molecule has 0 bridgehead atoms. The Balaban J connectivity index is 2.14. The largest absolute Gasteiger partial charge is 0.375 e. The topological polar surface area (TPSA) is 12.0 Å². The van der Waals surface area contributed by atoms with Gasteiger partial charge in [0.1, 0.15) is 11.5 Å². The summed E-state index contributed by atoms with van der Waals surface area (Å²) in [6, 6.07) is 4.71. The van der Waals surface area contributed by atoms with E-state index in [9.17, 15) is 13.2 Å². The molecule has 0 saturated carbocycles. The second-order valence-electron chi connectivity index (χ2n) is 3.30. The van der Waals surface area contributed by atoms with Gasteiger partial charge in [-0.1, -0.05) is 11.6 Å². The highest BCUT2D eigenvalue weighted by molar-refractivity contribution is 7.16. The molecule has 0 fully saturated rings. The molecular weight excluding hydrogens is 271 g/mol. The fraction of sp³-hybridized carbons (Fsp3) is 0.0909. The van der Waals surface area contributed by atoms with Gasteiger partial charge in [0.15, 0.2) is 11.6 Å². The molecule has 2 rings (SSSR count). The molecule has 0 aliphatic rings. The number of thiophene rings is 1. The van der Waals surface area contributed by atoms with Crippen molar-refractivity contribution in [1.29, 1.82) is 0 Å². The van der Waals surface area contributed by atoms with Gasteiger partial charge >= 0.3 is 0 Å². The quantitative estimate of drug-likeness (QED) is 0.875. The monoisotopic (exact) mass is 277 g/mol. The number of nitrogens with one attached hydrogen (secondary N) is 1. The van der Waals surface area contributed by atoms with Crippen LogP contribution in [0.2, 0.25) is 4.34 Å². The molecule has 0 radical (unpaired) electrons. The molecule has 1 aromatic heterocycles. The Bertz CT molecular complexity index is 518. The van der Waals surface area contributed by atoms with Gasteiger partial charge in [-0.2, -0.15) is 0 Å². The van der Waals surface area contributed by atoms with E-state index < -0.39 is 17.5 Å². The van der Waals surface area contributed by atoms with Gasteiger partial charge in [-0.25, -0.2) is 13.2 Å². The van der Waals surface area contributed by atoms with Crippen LogP contribution in [0.3, 0.4) is 0 Å². The third-order valence-corrected chi connectivity index (χ3v) is 3.31. The minimum absolute atomic E-state index is 0.233. The first-order chi connectivity index (χ1) is 8.06. The molecule has 1 heterocycles. The molecule has 90 valence electrons. The van der Waals surface area contributed by atoms with Crippen molar-refractivity contribution in [2.45, 2.75) is 6.54 Å². The Morgan fingerprint density at radius 2 is 1.76 bits per heavy atom. The van der Waals surface area contributed by atoms with E-state index in [0.717, 1.165) is 4.88 Å². The normalized spacial score (nSPS) is 10.6. The van der Waals surface area contributed by atoms with Crippen LogP contribution in [0.5, 0.6) is 0 Å². The van der Waals surface area contributed by atoms with E-state index in [1.165, 1.54) is 11.3 Å². The second kappa shape index (κ2) is 4.98. The van der Waals surface area contributed by atoms with Gasteiger partial charge in [0, 0.05) is 23.6 Å². The maximum absolute atomic E-state index is 13.3. The van der Waals surface area contributed by atoms with Crippen LogP contribution in [0.15, 0.2) is 24.3 Å². The summed E-state index contributed by atoms with van der Waals surface area (Å²) in [4.78, 5) is 0.832.